The molecule has 0 aromatic heterocycles. The average molecular weight is 441 g/mol. The summed E-state index contributed by atoms with van der Waals surface area (Å²) in [5, 5.41) is 2.28. The zero-order chi connectivity index (χ0) is 19.0. The Labute approximate surface area is 173 Å². The van der Waals surface area contributed by atoms with Crippen LogP contribution in [0.3, 0.4) is 0 Å². The zero-order valence-corrected chi connectivity index (χ0v) is 17.5. The van der Waals surface area contributed by atoms with E-state index < -0.39 is 9.84 Å². The highest BCUT2D eigenvalue weighted by molar-refractivity contribution is 8.13. The molecule has 142 valence electrons. The average Bonchev–Trinajstić information content (AvgIpc) is 3.09. The summed E-state index contributed by atoms with van der Waals surface area (Å²) in [6, 6.07) is 15.1. The van der Waals surface area contributed by atoms with Crippen LogP contribution in [0, 0.1) is 0 Å². The zero-order valence-electron chi connectivity index (χ0n) is 14.4. The Morgan fingerprint density at radius 1 is 1.07 bits per heavy atom. The van der Waals surface area contributed by atoms with Crippen LogP contribution >= 0.6 is 35.0 Å². The maximum absolute atomic E-state index is 12.1. The Kier molecular flexibility index (Phi) is 5.43. The van der Waals surface area contributed by atoms with E-state index in [4.69, 9.17) is 28.2 Å². The second-order valence-electron chi connectivity index (χ2n) is 6.76. The van der Waals surface area contributed by atoms with Crippen LogP contribution in [0.5, 0.6) is 0 Å². The van der Waals surface area contributed by atoms with Crippen molar-refractivity contribution in [1.82, 2.24) is 4.90 Å². The summed E-state index contributed by atoms with van der Waals surface area (Å²) in [4.78, 5) is 6.85. The minimum atomic E-state index is -3.04. The van der Waals surface area contributed by atoms with Gasteiger partial charge in [-0.2, -0.15) is 0 Å². The molecule has 0 spiro atoms. The van der Waals surface area contributed by atoms with Crippen molar-refractivity contribution >= 4 is 50.0 Å². The molecular formula is C19H18Cl2N2O2S2. The van der Waals surface area contributed by atoms with E-state index in [0.717, 1.165) is 22.0 Å². The molecule has 1 fully saturated rings. The van der Waals surface area contributed by atoms with Crippen molar-refractivity contribution in [3.05, 3.63) is 69.7 Å². The third-order valence-corrected chi connectivity index (χ3v) is 8.19. The van der Waals surface area contributed by atoms with Crippen LogP contribution in [0.15, 0.2) is 53.5 Å². The number of rotatable bonds is 4. The highest BCUT2D eigenvalue weighted by Crippen LogP contribution is 2.34. The Bertz CT molecular complexity index is 977. The fourth-order valence-electron chi connectivity index (χ4n) is 3.43. The molecule has 0 bridgehead atoms. The summed E-state index contributed by atoms with van der Waals surface area (Å²) < 4.78 is 24.2. The van der Waals surface area contributed by atoms with E-state index in [-0.39, 0.29) is 23.6 Å². The lowest BCUT2D eigenvalue weighted by Gasteiger charge is -2.27. The second kappa shape index (κ2) is 7.66. The highest BCUT2D eigenvalue weighted by Gasteiger charge is 2.46. The molecule has 2 aromatic rings. The van der Waals surface area contributed by atoms with E-state index in [1.165, 1.54) is 0 Å². The smallest absolute Gasteiger partial charge is 0.160 e. The van der Waals surface area contributed by atoms with Gasteiger partial charge in [0.2, 0.25) is 0 Å². The predicted molar refractivity (Wildman–Crippen MR) is 113 cm³/mol. The van der Waals surface area contributed by atoms with E-state index in [0.29, 0.717) is 16.6 Å². The first kappa shape index (κ1) is 19.1. The van der Waals surface area contributed by atoms with Crippen LogP contribution in [0.4, 0.5) is 0 Å². The lowest BCUT2D eigenvalue weighted by molar-refractivity contribution is 0.343. The van der Waals surface area contributed by atoms with Gasteiger partial charge < -0.3 is 4.90 Å². The quantitative estimate of drug-likeness (QED) is 0.712. The highest BCUT2D eigenvalue weighted by atomic mass is 35.5. The largest absolute Gasteiger partial charge is 0.341 e. The first-order chi connectivity index (χ1) is 12.9. The molecule has 2 atom stereocenters. The number of halogens is 2. The number of aliphatic imine (C=N–C) groups is 1. The molecule has 2 heterocycles. The molecular weight excluding hydrogens is 423 g/mol. The molecule has 27 heavy (non-hydrogen) atoms. The summed E-state index contributed by atoms with van der Waals surface area (Å²) >= 11 is 13.9. The molecule has 2 aromatic carbocycles. The van der Waals surface area contributed by atoms with Crippen molar-refractivity contribution in [2.75, 3.05) is 11.5 Å². The van der Waals surface area contributed by atoms with Gasteiger partial charge >= 0.3 is 0 Å². The number of hydrogen-bond donors (Lipinski definition) is 0. The van der Waals surface area contributed by atoms with Crippen molar-refractivity contribution in [2.45, 2.75) is 24.4 Å². The van der Waals surface area contributed by atoms with Gasteiger partial charge in [-0.25, -0.2) is 8.42 Å². The van der Waals surface area contributed by atoms with E-state index in [1.807, 2.05) is 48.5 Å². The standard InChI is InChI=1S/C19H18Cl2N2O2S2/c20-15-7-5-13(6-8-15)10-26-19-22-17-11-27(24,25)12-18(17)23(19)9-14-3-1-2-4-16(14)21/h1-8,17-18H,9-12H2/t17-,18-/m0/s1. The third kappa shape index (κ3) is 4.29. The van der Waals surface area contributed by atoms with Crippen LogP contribution in [0.1, 0.15) is 11.1 Å². The lowest BCUT2D eigenvalue weighted by Crippen LogP contribution is -2.38. The number of hydrogen-bond acceptors (Lipinski definition) is 5. The van der Waals surface area contributed by atoms with Gasteiger partial charge in [-0.05, 0) is 29.3 Å². The summed E-state index contributed by atoms with van der Waals surface area (Å²) in [6.45, 7) is 0.558. The van der Waals surface area contributed by atoms with Gasteiger partial charge in [0.05, 0.1) is 23.6 Å². The summed E-state index contributed by atoms with van der Waals surface area (Å²) in [5.41, 5.74) is 2.12. The predicted octanol–water partition coefficient (Wildman–Crippen LogP) is 4.26. The molecule has 2 aliphatic rings. The van der Waals surface area contributed by atoms with E-state index in [2.05, 4.69) is 4.90 Å². The van der Waals surface area contributed by atoms with E-state index in [1.54, 1.807) is 11.8 Å². The van der Waals surface area contributed by atoms with Gasteiger partial charge in [-0.3, -0.25) is 4.99 Å². The van der Waals surface area contributed by atoms with Crippen molar-refractivity contribution in [1.29, 1.82) is 0 Å². The molecule has 2 aliphatic heterocycles. The number of fused-ring (bicyclic) bond motifs is 1. The SMILES string of the molecule is O=S1(=O)C[C@@H]2N=C(SCc3ccc(Cl)cc3)N(Cc3ccccc3Cl)[C@H]2C1. The maximum atomic E-state index is 12.1. The number of benzene rings is 2. The minimum absolute atomic E-state index is 0.112. The van der Waals surface area contributed by atoms with Gasteiger partial charge in [0.15, 0.2) is 15.0 Å². The number of thioether (sulfide) groups is 1. The molecule has 0 aliphatic carbocycles. The van der Waals surface area contributed by atoms with Crippen molar-refractivity contribution in [2.24, 2.45) is 4.99 Å². The Balaban J connectivity index is 1.55. The Morgan fingerprint density at radius 3 is 2.56 bits per heavy atom. The Hall–Kier alpha value is -1.21. The first-order valence-electron chi connectivity index (χ1n) is 8.57. The van der Waals surface area contributed by atoms with Crippen molar-refractivity contribution in [3.8, 4) is 0 Å². The molecule has 0 radical (unpaired) electrons. The monoisotopic (exact) mass is 440 g/mol. The van der Waals surface area contributed by atoms with Crippen molar-refractivity contribution in [3.63, 3.8) is 0 Å². The van der Waals surface area contributed by atoms with Crippen LogP contribution in [0.25, 0.3) is 0 Å². The molecule has 0 amide bonds. The number of sulfone groups is 1. The first-order valence-corrected chi connectivity index (χ1v) is 12.1. The molecule has 0 unspecified atom stereocenters. The van der Waals surface area contributed by atoms with E-state index in [9.17, 15) is 8.42 Å². The number of nitrogens with zero attached hydrogens (tertiary/aromatic N) is 2. The second-order valence-corrected chi connectivity index (χ2v) is 10.7. The molecule has 8 heteroatoms. The molecule has 0 N–H and O–H groups in total. The fraction of sp³-hybridized carbons (Fsp3) is 0.316. The van der Waals surface area contributed by atoms with Gasteiger partial charge in [0.25, 0.3) is 0 Å². The van der Waals surface area contributed by atoms with E-state index >= 15 is 0 Å². The molecule has 4 rings (SSSR count). The van der Waals surface area contributed by atoms with Gasteiger partial charge in [0, 0.05) is 22.3 Å². The fourth-order valence-corrected chi connectivity index (χ4v) is 6.69. The molecule has 0 saturated carbocycles. The summed E-state index contributed by atoms with van der Waals surface area (Å²) in [5.74, 6) is 1.03. The van der Waals surface area contributed by atoms with Gasteiger partial charge in [0.1, 0.15) is 0 Å². The normalized spacial score (nSPS) is 23.3. The summed E-state index contributed by atoms with van der Waals surface area (Å²) in [6.07, 6.45) is 0. The van der Waals surface area contributed by atoms with Crippen molar-refractivity contribution < 1.29 is 8.42 Å². The Morgan fingerprint density at radius 2 is 1.81 bits per heavy atom. The van der Waals surface area contributed by atoms with Gasteiger partial charge in [-0.15, -0.1) is 0 Å². The molecule has 4 nitrogen and oxygen atoms in total. The lowest BCUT2D eigenvalue weighted by atomic mass is 10.1. The van der Waals surface area contributed by atoms with Gasteiger partial charge in [-0.1, -0.05) is 65.3 Å². The third-order valence-electron chi connectivity index (χ3n) is 4.80. The molecule has 1 saturated heterocycles. The van der Waals surface area contributed by atoms with Crippen LogP contribution < -0.4 is 0 Å². The van der Waals surface area contributed by atoms with Crippen LogP contribution in [-0.2, 0) is 22.1 Å². The topological polar surface area (TPSA) is 49.7 Å². The number of amidine groups is 1. The maximum Gasteiger partial charge on any atom is 0.160 e. The van der Waals surface area contributed by atoms with Crippen LogP contribution in [0.2, 0.25) is 10.0 Å². The minimum Gasteiger partial charge on any atom is -0.341 e. The van der Waals surface area contributed by atoms with Crippen LogP contribution in [-0.4, -0.2) is 42.1 Å². The summed E-state index contributed by atoms with van der Waals surface area (Å²) in [7, 11) is -3.04.